The molecule has 0 aliphatic rings. The number of carboxylic acid groups (broad SMARTS) is 1. The molecule has 1 aromatic rings. The summed E-state index contributed by atoms with van der Waals surface area (Å²) in [6.45, 7) is 1.79. The summed E-state index contributed by atoms with van der Waals surface area (Å²) >= 11 is 11.6. The van der Waals surface area contributed by atoms with E-state index in [0.29, 0.717) is 22.2 Å². The highest BCUT2D eigenvalue weighted by Gasteiger charge is 2.15. The third-order valence-electron chi connectivity index (χ3n) is 1.97. The predicted octanol–water partition coefficient (Wildman–Crippen LogP) is 3.27. The van der Waals surface area contributed by atoms with E-state index < -0.39 is 12.0 Å². The molecule has 0 aliphatic heterocycles. The minimum absolute atomic E-state index is 0.419. The lowest BCUT2D eigenvalue weighted by molar-refractivity contribution is -0.137. The SMILES string of the molecule is CCC(Nc1ccc(Cl)cc1Cl)C(=O)O. The van der Waals surface area contributed by atoms with E-state index in [2.05, 4.69) is 5.32 Å². The number of hydrogen-bond acceptors (Lipinski definition) is 2. The lowest BCUT2D eigenvalue weighted by atomic mass is 10.2. The minimum atomic E-state index is -0.900. The summed E-state index contributed by atoms with van der Waals surface area (Å²) in [4.78, 5) is 10.8. The molecule has 1 rings (SSSR count). The molecule has 5 heteroatoms. The van der Waals surface area contributed by atoms with Crippen LogP contribution in [-0.4, -0.2) is 17.1 Å². The van der Waals surface area contributed by atoms with Crippen LogP contribution in [0.5, 0.6) is 0 Å². The Hall–Kier alpha value is -0.930. The first-order chi connectivity index (χ1) is 7.04. The van der Waals surface area contributed by atoms with E-state index in [1.165, 1.54) is 0 Å². The van der Waals surface area contributed by atoms with Gasteiger partial charge in [0.15, 0.2) is 0 Å². The molecule has 0 saturated heterocycles. The molecule has 0 radical (unpaired) electrons. The standard InChI is InChI=1S/C10H11Cl2NO2/c1-2-8(10(14)15)13-9-4-3-6(11)5-7(9)12/h3-5,8,13H,2H2,1H3,(H,14,15). The van der Waals surface area contributed by atoms with Crippen molar-refractivity contribution in [2.24, 2.45) is 0 Å². The Morgan fingerprint density at radius 1 is 1.53 bits per heavy atom. The molecule has 3 nitrogen and oxygen atoms in total. The fraction of sp³-hybridized carbons (Fsp3) is 0.300. The first-order valence-electron chi connectivity index (χ1n) is 4.49. The van der Waals surface area contributed by atoms with Gasteiger partial charge in [-0.25, -0.2) is 4.79 Å². The number of halogens is 2. The zero-order valence-corrected chi connectivity index (χ0v) is 9.64. The van der Waals surface area contributed by atoms with Crippen molar-refractivity contribution in [3.05, 3.63) is 28.2 Å². The zero-order valence-electron chi connectivity index (χ0n) is 8.13. The first kappa shape index (κ1) is 12.1. The molecule has 0 heterocycles. The molecule has 0 aliphatic carbocycles. The Labute approximate surface area is 98.0 Å². The smallest absolute Gasteiger partial charge is 0.326 e. The van der Waals surface area contributed by atoms with Gasteiger partial charge in [0.05, 0.1) is 10.7 Å². The van der Waals surface area contributed by atoms with Crippen molar-refractivity contribution in [2.75, 3.05) is 5.32 Å². The molecule has 0 bridgehead atoms. The quantitative estimate of drug-likeness (QED) is 0.859. The molecule has 0 amide bonds. The van der Waals surface area contributed by atoms with E-state index in [-0.39, 0.29) is 0 Å². The van der Waals surface area contributed by atoms with E-state index in [9.17, 15) is 4.79 Å². The fourth-order valence-corrected chi connectivity index (χ4v) is 1.60. The van der Waals surface area contributed by atoms with Crippen LogP contribution >= 0.6 is 23.2 Å². The largest absolute Gasteiger partial charge is 0.480 e. The van der Waals surface area contributed by atoms with E-state index in [0.717, 1.165) is 0 Å². The number of aliphatic carboxylic acids is 1. The van der Waals surface area contributed by atoms with Gasteiger partial charge < -0.3 is 10.4 Å². The Morgan fingerprint density at radius 2 is 2.20 bits per heavy atom. The van der Waals surface area contributed by atoms with E-state index in [1.807, 2.05) is 0 Å². The summed E-state index contributed by atoms with van der Waals surface area (Å²) in [7, 11) is 0. The lowest BCUT2D eigenvalue weighted by Gasteiger charge is -2.14. The summed E-state index contributed by atoms with van der Waals surface area (Å²) in [6.07, 6.45) is 0.480. The van der Waals surface area contributed by atoms with E-state index in [1.54, 1.807) is 25.1 Å². The second kappa shape index (κ2) is 5.24. The molecule has 0 aromatic heterocycles. The summed E-state index contributed by atoms with van der Waals surface area (Å²) in [5, 5.41) is 12.6. The van der Waals surface area contributed by atoms with Crippen LogP contribution in [0, 0.1) is 0 Å². The van der Waals surface area contributed by atoms with Gasteiger partial charge >= 0.3 is 5.97 Å². The highest BCUT2D eigenvalue weighted by atomic mass is 35.5. The zero-order chi connectivity index (χ0) is 11.4. The van der Waals surface area contributed by atoms with Gasteiger partial charge in [-0.15, -0.1) is 0 Å². The van der Waals surface area contributed by atoms with Gasteiger partial charge in [-0.1, -0.05) is 30.1 Å². The van der Waals surface area contributed by atoms with Crippen LogP contribution in [-0.2, 0) is 4.79 Å². The van der Waals surface area contributed by atoms with Crippen molar-refractivity contribution in [2.45, 2.75) is 19.4 Å². The van der Waals surface area contributed by atoms with Crippen LogP contribution in [0.1, 0.15) is 13.3 Å². The summed E-state index contributed by atoms with van der Waals surface area (Å²) in [6, 6.07) is 4.25. The van der Waals surface area contributed by atoms with Crippen LogP contribution in [0.4, 0.5) is 5.69 Å². The summed E-state index contributed by atoms with van der Waals surface area (Å²) < 4.78 is 0. The molecular weight excluding hydrogens is 237 g/mol. The number of nitrogens with one attached hydrogen (secondary N) is 1. The lowest BCUT2D eigenvalue weighted by Crippen LogP contribution is -2.28. The van der Waals surface area contributed by atoms with Gasteiger partial charge in [0.2, 0.25) is 0 Å². The summed E-state index contributed by atoms with van der Waals surface area (Å²) in [5.41, 5.74) is 0.579. The monoisotopic (exact) mass is 247 g/mol. The Bertz CT molecular complexity index is 368. The molecule has 1 atom stereocenters. The molecule has 0 fully saturated rings. The van der Waals surface area contributed by atoms with Crippen molar-refractivity contribution in [1.29, 1.82) is 0 Å². The van der Waals surface area contributed by atoms with Gasteiger partial charge in [-0.05, 0) is 24.6 Å². The molecule has 15 heavy (non-hydrogen) atoms. The van der Waals surface area contributed by atoms with Gasteiger partial charge in [0.1, 0.15) is 6.04 Å². The van der Waals surface area contributed by atoms with Crippen LogP contribution in [0.25, 0.3) is 0 Å². The minimum Gasteiger partial charge on any atom is -0.480 e. The normalized spacial score (nSPS) is 12.2. The van der Waals surface area contributed by atoms with Crippen LogP contribution in [0.3, 0.4) is 0 Å². The maximum Gasteiger partial charge on any atom is 0.326 e. The third kappa shape index (κ3) is 3.29. The molecule has 0 saturated carbocycles. The number of carboxylic acids is 1. The van der Waals surface area contributed by atoms with Crippen molar-refractivity contribution in [3.8, 4) is 0 Å². The molecule has 82 valence electrons. The number of hydrogen-bond donors (Lipinski definition) is 2. The Kier molecular flexibility index (Phi) is 4.24. The van der Waals surface area contributed by atoms with Gasteiger partial charge in [-0.2, -0.15) is 0 Å². The topological polar surface area (TPSA) is 49.3 Å². The predicted molar refractivity (Wildman–Crippen MR) is 61.8 cm³/mol. The summed E-state index contributed by atoms with van der Waals surface area (Å²) in [5.74, 6) is -0.900. The molecule has 1 aromatic carbocycles. The number of rotatable bonds is 4. The highest BCUT2D eigenvalue weighted by Crippen LogP contribution is 2.26. The number of carbonyl (C=O) groups is 1. The van der Waals surface area contributed by atoms with Crippen molar-refractivity contribution < 1.29 is 9.90 Å². The van der Waals surface area contributed by atoms with E-state index >= 15 is 0 Å². The van der Waals surface area contributed by atoms with Crippen LogP contribution in [0.2, 0.25) is 10.0 Å². The number of anilines is 1. The Balaban J connectivity index is 2.84. The maximum atomic E-state index is 10.8. The van der Waals surface area contributed by atoms with Gasteiger partial charge in [-0.3, -0.25) is 0 Å². The van der Waals surface area contributed by atoms with Crippen molar-refractivity contribution >= 4 is 34.9 Å². The van der Waals surface area contributed by atoms with Gasteiger partial charge in [0, 0.05) is 5.02 Å². The average Bonchev–Trinajstić information content (AvgIpc) is 2.16. The van der Waals surface area contributed by atoms with Crippen molar-refractivity contribution in [3.63, 3.8) is 0 Å². The number of benzene rings is 1. The van der Waals surface area contributed by atoms with E-state index in [4.69, 9.17) is 28.3 Å². The van der Waals surface area contributed by atoms with Crippen LogP contribution in [0.15, 0.2) is 18.2 Å². The third-order valence-corrected chi connectivity index (χ3v) is 2.52. The molecule has 1 unspecified atom stereocenters. The second-order valence-corrected chi connectivity index (χ2v) is 3.91. The van der Waals surface area contributed by atoms with Crippen LogP contribution < -0.4 is 5.32 Å². The van der Waals surface area contributed by atoms with Crippen molar-refractivity contribution in [1.82, 2.24) is 0 Å². The highest BCUT2D eigenvalue weighted by molar-refractivity contribution is 6.36. The maximum absolute atomic E-state index is 10.8. The van der Waals surface area contributed by atoms with Gasteiger partial charge in [0.25, 0.3) is 0 Å². The molecular formula is C10H11Cl2NO2. The second-order valence-electron chi connectivity index (χ2n) is 3.07. The average molecular weight is 248 g/mol. The fourth-order valence-electron chi connectivity index (χ4n) is 1.13. The first-order valence-corrected chi connectivity index (χ1v) is 5.24. The molecule has 2 N–H and O–H groups in total. The Morgan fingerprint density at radius 3 is 2.67 bits per heavy atom. The molecule has 0 spiro atoms.